The molecule has 0 bridgehead atoms. The Labute approximate surface area is 312 Å². The highest BCUT2D eigenvalue weighted by Gasteiger charge is 2.77. The van der Waals surface area contributed by atoms with Gasteiger partial charge in [0.15, 0.2) is 17.5 Å². The van der Waals surface area contributed by atoms with Gasteiger partial charge in [-0.05, 0) is 30.0 Å². The van der Waals surface area contributed by atoms with Crippen LogP contribution in [0.25, 0.3) is 0 Å². The number of fused-ring (bicyclic) bond motifs is 1. The highest BCUT2D eigenvalue weighted by atomic mass is 16.6. The Morgan fingerprint density at radius 2 is 1.76 bits per heavy atom. The van der Waals surface area contributed by atoms with E-state index < -0.39 is 125 Å². The largest absolute Gasteiger partial charge is 0.472 e. The van der Waals surface area contributed by atoms with Crippen LogP contribution in [0.5, 0.6) is 0 Å². The first-order valence-corrected chi connectivity index (χ1v) is 17.7. The second-order valence-electron chi connectivity index (χ2n) is 15.2. The molecule has 12 atom stereocenters. The summed E-state index contributed by atoms with van der Waals surface area (Å²) in [5.41, 5.74) is -8.16. The van der Waals surface area contributed by atoms with Crippen LogP contribution in [0.3, 0.4) is 0 Å². The minimum Gasteiger partial charge on any atom is -0.472 e. The Hall–Kier alpha value is -4.57. The first kappa shape index (κ1) is 42.2. The van der Waals surface area contributed by atoms with Gasteiger partial charge in [-0.15, -0.1) is 0 Å². The molecule has 1 saturated heterocycles. The van der Waals surface area contributed by atoms with Crippen molar-refractivity contribution in [1.82, 2.24) is 0 Å². The Balaban J connectivity index is 2.13. The van der Waals surface area contributed by atoms with Crippen LogP contribution in [0.1, 0.15) is 85.6 Å². The van der Waals surface area contributed by atoms with Crippen molar-refractivity contribution in [3.8, 4) is 0 Å². The molecule has 2 saturated carbocycles. The predicted molar refractivity (Wildman–Crippen MR) is 183 cm³/mol. The molecule has 298 valence electrons. The average molecular weight is 763 g/mol. The van der Waals surface area contributed by atoms with Crippen LogP contribution < -0.4 is 0 Å². The number of ether oxygens (including phenoxy) is 6. The molecule has 3 aliphatic rings. The van der Waals surface area contributed by atoms with Crippen LogP contribution in [-0.2, 0) is 62.0 Å². The number of cyclic esters (lactones) is 1. The number of aliphatic hydroxyl groups excluding tert-OH is 1. The first-order valence-electron chi connectivity index (χ1n) is 17.7. The van der Waals surface area contributed by atoms with Crippen LogP contribution in [0.15, 0.2) is 35.2 Å². The number of hydrogen-bond acceptors (Lipinski definition) is 16. The van der Waals surface area contributed by atoms with Crippen LogP contribution in [-0.4, -0.2) is 102 Å². The minimum atomic E-state index is -2.60. The van der Waals surface area contributed by atoms with Gasteiger partial charge >= 0.3 is 29.8 Å². The third-order valence-corrected chi connectivity index (χ3v) is 12.2. The van der Waals surface area contributed by atoms with E-state index in [1.54, 1.807) is 19.9 Å². The molecule has 2 N–H and O–H groups in total. The standard InChI is InChI=1S/C38H50O16/c1-10-19(2)31(45)34(46)53-33-32(51-18-39)30(20(3)38(47)26(42)13-24(37(33,38)8)23-11-12-49-16-23)36(7)25(14-28(43)48-9)35(6,17-50-21(4)40)54-29(44)15-27(36)52-22(5)41/h11-12,16,18-19,24-25,27,30-33,45,47H,3,10,13-15,17H2,1-2,4-9H3/t19?,24?,25?,27?,30?,31?,32?,33?,35-,36+,37-,38?/m0/s1. The van der Waals surface area contributed by atoms with Crippen LogP contribution in [0.4, 0.5) is 0 Å². The van der Waals surface area contributed by atoms with Crippen molar-refractivity contribution < 1.29 is 76.6 Å². The third kappa shape index (κ3) is 6.93. The van der Waals surface area contributed by atoms with Crippen molar-refractivity contribution in [1.29, 1.82) is 0 Å². The summed E-state index contributed by atoms with van der Waals surface area (Å²) in [4.78, 5) is 92.7. The minimum absolute atomic E-state index is 0.0597. The zero-order valence-electron chi connectivity index (χ0n) is 31.8. The van der Waals surface area contributed by atoms with Crippen LogP contribution >= 0.6 is 0 Å². The van der Waals surface area contributed by atoms with Gasteiger partial charge < -0.3 is 43.1 Å². The second kappa shape index (κ2) is 15.7. The van der Waals surface area contributed by atoms with Gasteiger partial charge in [0.2, 0.25) is 0 Å². The number of hydrogen-bond donors (Lipinski definition) is 2. The van der Waals surface area contributed by atoms with E-state index in [4.69, 9.17) is 32.8 Å². The summed E-state index contributed by atoms with van der Waals surface area (Å²) in [6.07, 6.45) is -5.26. The average Bonchev–Trinajstić information content (AvgIpc) is 3.70. The summed E-state index contributed by atoms with van der Waals surface area (Å²) in [7, 11) is 1.10. The smallest absolute Gasteiger partial charge is 0.335 e. The molecule has 0 spiro atoms. The number of aliphatic hydroxyl groups is 2. The molecule has 4 rings (SSSR count). The van der Waals surface area contributed by atoms with Crippen molar-refractivity contribution in [2.75, 3.05) is 13.7 Å². The molecular weight excluding hydrogens is 712 g/mol. The van der Waals surface area contributed by atoms with Crippen molar-refractivity contribution in [3.63, 3.8) is 0 Å². The number of methoxy groups -OCH3 is 1. The zero-order valence-corrected chi connectivity index (χ0v) is 31.8. The summed E-state index contributed by atoms with van der Waals surface area (Å²) >= 11 is 0. The molecule has 0 radical (unpaired) electrons. The molecule has 16 heteroatoms. The lowest BCUT2D eigenvalue weighted by atomic mass is 9.46. The summed E-state index contributed by atoms with van der Waals surface area (Å²) < 4.78 is 39.4. The highest BCUT2D eigenvalue weighted by Crippen LogP contribution is 2.68. The lowest BCUT2D eigenvalue weighted by Gasteiger charge is -2.61. The number of furan rings is 1. The molecule has 1 aliphatic heterocycles. The molecule has 2 aliphatic carbocycles. The van der Waals surface area contributed by atoms with E-state index >= 15 is 0 Å². The quantitative estimate of drug-likeness (QED) is 0.127. The SMILES string of the molecule is C=C1C([C@@]2(C)C(OC(C)=O)CC(=O)O[C@@](C)(COC(C)=O)C2CC(=O)OC)C(OC=O)C(OC(=O)C(O)C(C)CC)[C@]2(C)C(c3ccoc3)CC(=O)C12O. The van der Waals surface area contributed by atoms with Gasteiger partial charge in [-0.2, -0.15) is 0 Å². The van der Waals surface area contributed by atoms with E-state index in [1.807, 2.05) is 0 Å². The molecule has 0 amide bonds. The predicted octanol–water partition coefficient (Wildman–Crippen LogP) is 2.51. The fourth-order valence-electron chi connectivity index (χ4n) is 9.16. The van der Waals surface area contributed by atoms with E-state index in [0.29, 0.717) is 12.0 Å². The van der Waals surface area contributed by atoms with Gasteiger partial charge in [0.1, 0.15) is 30.5 Å². The molecular formula is C38H50O16. The molecule has 16 nitrogen and oxygen atoms in total. The summed E-state index contributed by atoms with van der Waals surface area (Å²) in [5, 5.41) is 24.1. The van der Waals surface area contributed by atoms with E-state index in [-0.39, 0.29) is 18.5 Å². The van der Waals surface area contributed by atoms with E-state index in [1.165, 1.54) is 33.3 Å². The van der Waals surface area contributed by atoms with Crippen molar-refractivity contribution in [3.05, 3.63) is 36.3 Å². The Bertz CT molecular complexity index is 1650. The third-order valence-electron chi connectivity index (χ3n) is 12.2. The molecule has 9 unspecified atom stereocenters. The first-order chi connectivity index (χ1) is 25.2. The maximum Gasteiger partial charge on any atom is 0.335 e. The highest BCUT2D eigenvalue weighted by molar-refractivity contribution is 5.96. The molecule has 1 aromatic rings. The van der Waals surface area contributed by atoms with Gasteiger partial charge in [0, 0.05) is 43.4 Å². The van der Waals surface area contributed by atoms with Gasteiger partial charge in [0.05, 0.1) is 37.9 Å². The molecule has 1 aromatic heterocycles. The molecule has 0 aromatic carbocycles. The van der Waals surface area contributed by atoms with E-state index in [2.05, 4.69) is 6.58 Å². The maximum atomic E-state index is 14.4. The molecule has 2 heterocycles. The summed E-state index contributed by atoms with van der Waals surface area (Å²) in [5.74, 6) is -9.90. The van der Waals surface area contributed by atoms with Crippen molar-refractivity contribution >= 4 is 42.1 Å². The zero-order chi connectivity index (χ0) is 40.6. The van der Waals surface area contributed by atoms with Gasteiger partial charge in [-0.3, -0.25) is 28.8 Å². The van der Waals surface area contributed by atoms with Gasteiger partial charge in [-0.25, -0.2) is 4.79 Å². The number of Topliss-reactive ketones (excluding diaryl/α,β-unsaturated/α-hetero) is 1. The molecule has 54 heavy (non-hydrogen) atoms. The molecule has 3 fully saturated rings. The van der Waals surface area contributed by atoms with Crippen LogP contribution in [0, 0.1) is 28.6 Å². The number of rotatable bonds is 13. The Kier molecular flexibility index (Phi) is 12.2. The van der Waals surface area contributed by atoms with E-state index in [9.17, 15) is 43.8 Å². The summed E-state index contributed by atoms with van der Waals surface area (Å²) in [6.45, 7) is 13.5. The topological polar surface area (TPSA) is 228 Å². The van der Waals surface area contributed by atoms with Crippen molar-refractivity contribution in [2.45, 2.75) is 116 Å². The van der Waals surface area contributed by atoms with Gasteiger partial charge in [-0.1, -0.05) is 40.7 Å². The summed E-state index contributed by atoms with van der Waals surface area (Å²) in [6, 6.07) is 1.56. The fourth-order valence-corrected chi connectivity index (χ4v) is 9.16. The second-order valence-corrected chi connectivity index (χ2v) is 15.2. The number of ketones is 1. The van der Waals surface area contributed by atoms with Gasteiger partial charge in [0.25, 0.3) is 6.47 Å². The lowest BCUT2D eigenvalue weighted by Crippen LogP contribution is -2.72. The van der Waals surface area contributed by atoms with Crippen LogP contribution in [0.2, 0.25) is 0 Å². The fraction of sp³-hybridized carbons (Fsp3) is 0.658. The lowest BCUT2D eigenvalue weighted by molar-refractivity contribution is -0.239. The Morgan fingerprint density at radius 1 is 1.09 bits per heavy atom. The van der Waals surface area contributed by atoms with Crippen molar-refractivity contribution in [2.24, 2.45) is 28.6 Å². The normalized spacial score (nSPS) is 36.1. The Morgan fingerprint density at radius 3 is 2.30 bits per heavy atom. The number of carbonyl (C=O) groups excluding carboxylic acids is 7. The maximum absolute atomic E-state index is 14.4. The monoisotopic (exact) mass is 762 g/mol. The number of carbonyl (C=O) groups is 7. The number of esters is 5. The van der Waals surface area contributed by atoms with E-state index in [0.717, 1.165) is 21.0 Å².